The molecule has 1 atom stereocenters. The Hall–Kier alpha value is -3.86. The molecule has 8 nitrogen and oxygen atoms in total. The number of amides is 1. The van der Waals surface area contributed by atoms with Crippen molar-refractivity contribution in [3.8, 4) is 17.6 Å². The zero-order chi connectivity index (χ0) is 21.6. The van der Waals surface area contributed by atoms with Crippen LogP contribution < -0.4 is 10.5 Å². The summed E-state index contributed by atoms with van der Waals surface area (Å²) in [6.07, 6.45) is 5.08. The van der Waals surface area contributed by atoms with Gasteiger partial charge in [0.1, 0.15) is 23.6 Å². The van der Waals surface area contributed by atoms with Gasteiger partial charge in [0.2, 0.25) is 5.91 Å². The number of nitrogen functional groups attached to an aromatic ring is 1. The molecule has 1 fully saturated rings. The average molecular weight is 416 g/mol. The van der Waals surface area contributed by atoms with Crippen LogP contribution in [0.2, 0.25) is 0 Å². The van der Waals surface area contributed by atoms with Crippen molar-refractivity contribution in [2.24, 2.45) is 0 Å². The second-order valence-corrected chi connectivity index (χ2v) is 7.25. The number of rotatable bonds is 5. The highest BCUT2D eigenvalue weighted by Gasteiger charge is 2.27. The number of nitrogens with two attached hydrogens (primary N) is 1. The highest BCUT2D eigenvalue weighted by atomic mass is 16.5. The summed E-state index contributed by atoms with van der Waals surface area (Å²) in [5, 5.41) is 5.35. The number of nitrogens with zero attached hydrogens (tertiary/aromatic N) is 5. The molecule has 1 amide bonds. The van der Waals surface area contributed by atoms with Gasteiger partial charge in [-0.25, -0.2) is 14.6 Å². The van der Waals surface area contributed by atoms with Crippen molar-refractivity contribution in [3.05, 3.63) is 55.0 Å². The molecule has 8 heteroatoms. The van der Waals surface area contributed by atoms with E-state index in [1.54, 1.807) is 4.90 Å². The predicted molar refractivity (Wildman–Crippen MR) is 118 cm³/mol. The standard InChI is InChI=1S/C23H24N6O2/c1-2-20(30)28-13-8-9-17(15-28)29-23-21(22(24)25-16-26-23)19(27-29)12-6-7-14-31-18-10-4-3-5-11-18/h2-5,10-11,16-17H,1,7-9,13-15H2,(H2,24,25,26)/t17-/m1/s1. The molecule has 2 N–H and O–H groups in total. The van der Waals surface area contributed by atoms with Crippen molar-refractivity contribution in [1.29, 1.82) is 0 Å². The minimum Gasteiger partial charge on any atom is -0.493 e. The quantitative estimate of drug-likeness (QED) is 0.390. The number of likely N-dealkylation sites (tertiary alicyclic amines) is 1. The van der Waals surface area contributed by atoms with Gasteiger partial charge in [0.05, 0.1) is 18.0 Å². The summed E-state index contributed by atoms with van der Waals surface area (Å²) < 4.78 is 7.51. The summed E-state index contributed by atoms with van der Waals surface area (Å²) in [4.78, 5) is 22.4. The zero-order valence-electron chi connectivity index (χ0n) is 17.2. The number of anilines is 1. The first-order valence-corrected chi connectivity index (χ1v) is 10.2. The number of carbonyl (C=O) groups excluding carboxylic acids is 1. The van der Waals surface area contributed by atoms with Gasteiger partial charge in [0.15, 0.2) is 5.65 Å². The third-order valence-corrected chi connectivity index (χ3v) is 5.19. The Bertz CT molecular complexity index is 1150. The molecule has 0 bridgehead atoms. The zero-order valence-corrected chi connectivity index (χ0v) is 17.2. The van der Waals surface area contributed by atoms with Crippen LogP contribution in [-0.2, 0) is 4.79 Å². The smallest absolute Gasteiger partial charge is 0.246 e. The van der Waals surface area contributed by atoms with Gasteiger partial charge in [-0.3, -0.25) is 4.79 Å². The van der Waals surface area contributed by atoms with Crippen LogP contribution in [0.5, 0.6) is 5.75 Å². The van der Waals surface area contributed by atoms with E-state index in [-0.39, 0.29) is 11.9 Å². The first-order chi connectivity index (χ1) is 15.2. The van der Waals surface area contributed by atoms with Crippen LogP contribution in [-0.4, -0.2) is 50.3 Å². The number of piperidine rings is 1. The fourth-order valence-electron chi connectivity index (χ4n) is 3.70. The highest BCUT2D eigenvalue weighted by molar-refractivity contribution is 5.90. The lowest BCUT2D eigenvalue weighted by atomic mass is 10.1. The minimum atomic E-state index is -0.0752. The third kappa shape index (κ3) is 4.51. The van der Waals surface area contributed by atoms with Crippen LogP contribution in [0.15, 0.2) is 49.3 Å². The molecule has 0 unspecified atom stereocenters. The summed E-state index contributed by atoms with van der Waals surface area (Å²) in [7, 11) is 0. The Labute approximate surface area is 180 Å². The van der Waals surface area contributed by atoms with Crippen molar-refractivity contribution in [2.45, 2.75) is 25.3 Å². The predicted octanol–water partition coefficient (Wildman–Crippen LogP) is 2.58. The number of fused-ring (bicyclic) bond motifs is 1. The molecular weight excluding hydrogens is 392 g/mol. The van der Waals surface area contributed by atoms with Crippen molar-refractivity contribution in [3.63, 3.8) is 0 Å². The monoisotopic (exact) mass is 416 g/mol. The minimum absolute atomic E-state index is 0.00795. The summed E-state index contributed by atoms with van der Waals surface area (Å²) >= 11 is 0. The van der Waals surface area contributed by atoms with Crippen LogP contribution in [0.1, 0.15) is 31.0 Å². The molecule has 2 aromatic heterocycles. The lowest BCUT2D eigenvalue weighted by molar-refractivity contribution is -0.127. The van der Waals surface area contributed by atoms with Gasteiger partial charge >= 0.3 is 0 Å². The van der Waals surface area contributed by atoms with E-state index in [1.807, 2.05) is 35.0 Å². The second-order valence-electron chi connectivity index (χ2n) is 7.25. The maximum Gasteiger partial charge on any atom is 0.246 e. The van der Waals surface area contributed by atoms with E-state index >= 15 is 0 Å². The molecule has 1 aliphatic heterocycles. The number of hydrogen-bond acceptors (Lipinski definition) is 6. The second kappa shape index (κ2) is 9.30. The van der Waals surface area contributed by atoms with Crippen LogP contribution >= 0.6 is 0 Å². The number of aromatic nitrogens is 4. The van der Waals surface area contributed by atoms with E-state index in [0.29, 0.717) is 48.7 Å². The van der Waals surface area contributed by atoms with Gasteiger partial charge in [-0.1, -0.05) is 30.7 Å². The maximum atomic E-state index is 12.1. The van der Waals surface area contributed by atoms with E-state index in [9.17, 15) is 4.79 Å². The molecule has 0 radical (unpaired) electrons. The molecule has 1 aliphatic rings. The van der Waals surface area contributed by atoms with Crippen molar-refractivity contribution in [1.82, 2.24) is 24.6 Å². The topological polar surface area (TPSA) is 99.2 Å². The number of benzene rings is 1. The van der Waals surface area contributed by atoms with Crippen molar-refractivity contribution < 1.29 is 9.53 Å². The Morgan fingerprint density at radius 2 is 2.16 bits per heavy atom. The first-order valence-electron chi connectivity index (χ1n) is 10.2. The van der Waals surface area contributed by atoms with Gasteiger partial charge in [0, 0.05) is 19.5 Å². The van der Waals surface area contributed by atoms with Crippen LogP contribution in [0.3, 0.4) is 0 Å². The summed E-state index contributed by atoms with van der Waals surface area (Å²) in [6.45, 7) is 5.32. The molecule has 158 valence electrons. The maximum absolute atomic E-state index is 12.1. The SMILES string of the molecule is C=CC(=O)N1CCC[C@@H](n2nc(C#CCCOc3ccccc3)c3c(N)ncnc32)C1. The number of carbonyl (C=O) groups is 1. The first kappa shape index (κ1) is 20.4. The number of hydrogen-bond donors (Lipinski definition) is 1. The van der Waals surface area contributed by atoms with Gasteiger partial charge in [-0.05, 0) is 37.0 Å². The van der Waals surface area contributed by atoms with Crippen LogP contribution in [0, 0.1) is 11.8 Å². The largest absolute Gasteiger partial charge is 0.493 e. The van der Waals surface area contributed by atoms with Gasteiger partial charge < -0.3 is 15.4 Å². The van der Waals surface area contributed by atoms with E-state index in [1.165, 1.54) is 12.4 Å². The molecule has 31 heavy (non-hydrogen) atoms. The summed E-state index contributed by atoms with van der Waals surface area (Å²) in [5.41, 5.74) is 7.30. The Kier molecular flexibility index (Phi) is 6.13. The molecule has 4 rings (SSSR count). The van der Waals surface area contributed by atoms with Gasteiger partial charge in [-0.15, -0.1) is 0 Å². The summed E-state index contributed by atoms with van der Waals surface area (Å²) in [6, 6.07) is 9.61. The van der Waals surface area contributed by atoms with Crippen molar-refractivity contribution >= 4 is 22.8 Å². The van der Waals surface area contributed by atoms with E-state index in [4.69, 9.17) is 15.6 Å². The Balaban J connectivity index is 1.55. The Morgan fingerprint density at radius 1 is 1.32 bits per heavy atom. The molecule has 3 aromatic rings. The number of ether oxygens (including phenoxy) is 1. The van der Waals surface area contributed by atoms with Gasteiger partial charge in [-0.2, -0.15) is 5.10 Å². The lowest BCUT2D eigenvalue weighted by Crippen LogP contribution is -2.40. The molecule has 0 saturated carbocycles. The van der Waals surface area contributed by atoms with Crippen molar-refractivity contribution in [2.75, 3.05) is 25.4 Å². The lowest BCUT2D eigenvalue weighted by Gasteiger charge is -2.32. The number of para-hydroxylation sites is 1. The average Bonchev–Trinajstić information content (AvgIpc) is 3.19. The normalized spacial score (nSPS) is 15.9. The summed E-state index contributed by atoms with van der Waals surface area (Å²) in [5.74, 6) is 7.29. The molecule has 0 aliphatic carbocycles. The molecule has 0 spiro atoms. The molecule has 1 aromatic carbocycles. The fraction of sp³-hybridized carbons (Fsp3) is 0.304. The third-order valence-electron chi connectivity index (χ3n) is 5.19. The van der Waals surface area contributed by atoms with Crippen LogP contribution in [0.25, 0.3) is 11.0 Å². The molecule has 3 heterocycles. The van der Waals surface area contributed by atoms with E-state index in [0.717, 1.165) is 18.6 Å². The molecular formula is C23H24N6O2. The fourth-order valence-corrected chi connectivity index (χ4v) is 3.70. The Morgan fingerprint density at radius 3 is 2.97 bits per heavy atom. The highest BCUT2D eigenvalue weighted by Crippen LogP contribution is 2.28. The molecule has 1 saturated heterocycles. The van der Waals surface area contributed by atoms with E-state index < -0.39 is 0 Å². The van der Waals surface area contributed by atoms with E-state index in [2.05, 4.69) is 28.4 Å². The van der Waals surface area contributed by atoms with Gasteiger partial charge in [0.25, 0.3) is 0 Å². The van der Waals surface area contributed by atoms with Crippen LogP contribution in [0.4, 0.5) is 5.82 Å².